The summed E-state index contributed by atoms with van der Waals surface area (Å²) >= 11 is 0. The minimum atomic E-state index is -4.10. The fraction of sp³-hybridized carbons (Fsp3) is 1.00. The van der Waals surface area contributed by atoms with Gasteiger partial charge >= 0.3 is 6.18 Å². The zero-order chi connectivity index (χ0) is 15.3. The molecule has 0 aliphatic carbocycles. The van der Waals surface area contributed by atoms with Crippen molar-refractivity contribution in [3.05, 3.63) is 0 Å². The van der Waals surface area contributed by atoms with Gasteiger partial charge in [0.25, 0.3) is 0 Å². The van der Waals surface area contributed by atoms with Crippen LogP contribution in [0.5, 0.6) is 0 Å². The molecule has 2 saturated heterocycles. The summed E-state index contributed by atoms with van der Waals surface area (Å²) < 4.78 is 38.4. The molecule has 2 aliphatic heterocycles. The van der Waals surface area contributed by atoms with Gasteiger partial charge in [-0.3, -0.25) is 9.80 Å². The fourth-order valence-electron chi connectivity index (χ4n) is 3.13. The Bertz CT molecular complexity index is 297. The van der Waals surface area contributed by atoms with Crippen LogP contribution in [0.4, 0.5) is 13.2 Å². The van der Waals surface area contributed by atoms with Crippen LogP contribution in [0.3, 0.4) is 0 Å². The van der Waals surface area contributed by atoms with Crippen molar-refractivity contribution in [1.29, 1.82) is 0 Å². The lowest BCUT2D eigenvalue weighted by atomic mass is 10.0. The molecule has 4 nitrogen and oxygen atoms in total. The summed E-state index contributed by atoms with van der Waals surface area (Å²) in [7, 11) is 2.09. The number of rotatable bonds is 5. The summed E-state index contributed by atoms with van der Waals surface area (Å²) in [6, 6.07) is 0.0698. The molecule has 0 amide bonds. The maximum absolute atomic E-state index is 12.8. The Morgan fingerprint density at radius 1 is 1.10 bits per heavy atom. The van der Waals surface area contributed by atoms with Crippen LogP contribution in [0.2, 0.25) is 0 Å². The van der Waals surface area contributed by atoms with E-state index in [1.807, 2.05) is 0 Å². The van der Waals surface area contributed by atoms with Crippen molar-refractivity contribution in [1.82, 2.24) is 20.0 Å². The average Bonchev–Trinajstić information content (AvgIpc) is 2.45. The Morgan fingerprint density at radius 3 is 2.29 bits per heavy atom. The second-order valence-corrected chi connectivity index (χ2v) is 6.21. The molecule has 0 aromatic heterocycles. The number of piperazine rings is 1. The van der Waals surface area contributed by atoms with Crippen molar-refractivity contribution < 1.29 is 13.2 Å². The standard InChI is InChI=1S/C14H27F3N4/c1-19-6-8-20(9-7-19)10-11-21(12-14(15,16)17)13-2-4-18-5-3-13/h13,18H,2-12H2,1H3. The van der Waals surface area contributed by atoms with E-state index in [0.717, 1.165) is 58.7 Å². The van der Waals surface area contributed by atoms with Gasteiger partial charge in [-0.15, -0.1) is 0 Å². The van der Waals surface area contributed by atoms with Crippen molar-refractivity contribution in [2.75, 3.05) is 66.0 Å². The third kappa shape index (κ3) is 6.10. The molecule has 1 N–H and O–H groups in total. The topological polar surface area (TPSA) is 21.8 Å². The lowest BCUT2D eigenvalue weighted by Gasteiger charge is -2.38. The minimum Gasteiger partial charge on any atom is -0.317 e. The van der Waals surface area contributed by atoms with Gasteiger partial charge in [0.1, 0.15) is 0 Å². The highest BCUT2D eigenvalue weighted by Crippen LogP contribution is 2.21. The molecule has 0 bridgehead atoms. The van der Waals surface area contributed by atoms with Crippen molar-refractivity contribution in [2.24, 2.45) is 0 Å². The third-order valence-corrected chi connectivity index (χ3v) is 4.51. The number of likely N-dealkylation sites (N-methyl/N-ethyl adjacent to an activating group) is 1. The molecule has 124 valence electrons. The molecule has 0 atom stereocenters. The molecule has 7 heteroatoms. The molecule has 21 heavy (non-hydrogen) atoms. The Labute approximate surface area is 125 Å². The van der Waals surface area contributed by atoms with Gasteiger partial charge in [0.2, 0.25) is 0 Å². The van der Waals surface area contributed by atoms with Gasteiger partial charge in [0.05, 0.1) is 6.54 Å². The van der Waals surface area contributed by atoms with Crippen molar-refractivity contribution in [3.8, 4) is 0 Å². The van der Waals surface area contributed by atoms with E-state index < -0.39 is 12.7 Å². The fourth-order valence-corrected chi connectivity index (χ4v) is 3.13. The van der Waals surface area contributed by atoms with Gasteiger partial charge in [0.15, 0.2) is 0 Å². The first kappa shape index (κ1) is 17.0. The van der Waals surface area contributed by atoms with Crippen LogP contribution < -0.4 is 5.32 Å². The number of hydrogen-bond donors (Lipinski definition) is 1. The number of nitrogens with one attached hydrogen (secondary N) is 1. The smallest absolute Gasteiger partial charge is 0.317 e. The second-order valence-electron chi connectivity index (χ2n) is 6.21. The number of nitrogens with zero attached hydrogens (tertiary/aromatic N) is 3. The van der Waals surface area contributed by atoms with Gasteiger partial charge < -0.3 is 10.2 Å². The first-order valence-electron chi connectivity index (χ1n) is 7.86. The van der Waals surface area contributed by atoms with Crippen molar-refractivity contribution >= 4 is 0 Å². The highest BCUT2D eigenvalue weighted by Gasteiger charge is 2.34. The van der Waals surface area contributed by atoms with E-state index >= 15 is 0 Å². The Morgan fingerprint density at radius 2 is 1.71 bits per heavy atom. The van der Waals surface area contributed by atoms with Crippen LogP contribution in [-0.2, 0) is 0 Å². The van der Waals surface area contributed by atoms with E-state index in [-0.39, 0.29) is 6.04 Å². The third-order valence-electron chi connectivity index (χ3n) is 4.51. The van der Waals surface area contributed by atoms with Crippen LogP contribution in [-0.4, -0.2) is 92.9 Å². The van der Waals surface area contributed by atoms with Crippen LogP contribution in [0, 0.1) is 0 Å². The summed E-state index contributed by atoms with van der Waals surface area (Å²) in [6.45, 7) is 6.08. The normalized spacial score (nSPS) is 23.9. The van der Waals surface area contributed by atoms with Crippen molar-refractivity contribution in [3.63, 3.8) is 0 Å². The summed E-state index contributed by atoms with van der Waals surface area (Å²) in [5, 5.41) is 3.22. The highest BCUT2D eigenvalue weighted by molar-refractivity contribution is 4.81. The van der Waals surface area contributed by atoms with Crippen LogP contribution in [0.15, 0.2) is 0 Å². The maximum atomic E-state index is 12.8. The van der Waals surface area contributed by atoms with Crippen molar-refractivity contribution in [2.45, 2.75) is 25.1 Å². The SMILES string of the molecule is CN1CCN(CCN(CC(F)(F)F)C2CCNCC2)CC1. The molecule has 0 spiro atoms. The largest absolute Gasteiger partial charge is 0.401 e. The Kier molecular flexibility index (Phi) is 6.28. The summed E-state index contributed by atoms with van der Waals surface area (Å²) in [6.07, 6.45) is -2.47. The van der Waals surface area contributed by atoms with Crippen LogP contribution in [0.1, 0.15) is 12.8 Å². The molecule has 2 fully saturated rings. The Hall–Kier alpha value is -0.370. The van der Waals surface area contributed by atoms with Crippen LogP contribution >= 0.6 is 0 Å². The predicted octanol–water partition coefficient (Wildman–Crippen LogP) is 0.850. The lowest BCUT2D eigenvalue weighted by Crippen LogP contribution is -2.51. The Balaban J connectivity index is 1.83. The monoisotopic (exact) mass is 308 g/mol. The molecular weight excluding hydrogens is 281 g/mol. The molecule has 0 saturated carbocycles. The molecular formula is C14H27F3N4. The molecule has 0 unspecified atom stereocenters. The molecule has 0 aromatic carbocycles. The highest BCUT2D eigenvalue weighted by atomic mass is 19.4. The molecule has 2 rings (SSSR count). The van der Waals surface area contributed by atoms with Gasteiger partial charge in [-0.05, 0) is 33.0 Å². The molecule has 0 aromatic rings. The first-order valence-corrected chi connectivity index (χ1v) is 7.86. The number of halogens is 3. The van der Waals surface area contributed by atoms with Gasteiger partial charge in [-0.2, -0.15) is 13.2 Å². The van der Waals surface area contributed by atoms with E-state index in [1.54, 1.807) is 4.90 Å². The van der Waals surface area contributed by atoms with E-state index in [9.17, 15) is 13.2 Å². The van der Waals surface area contributed by atoms with E-state index in [4.69, 9.17) is 0 Å². The molecule has 2 aliphatic rings. The molecule has 0 radical (unpaired) electrons. The average molecular weight is 308 g/mol. The van der Waals surface area contributed by atoms with Gasteiger partial charge in [-0.1, -0.05) is 0 Å². The zero-order valence-electron chi connectivity index (χ0n) is 12.8. The van der Waals surface area contributed by atoms with E-state index in [0.29, 0.717) is 6.54 Å². The summed E-state index contributed by atoms with van der Waals surface area (Å²) in [5.74, 6) is 0. The molecule has 2 heterocycles. The van der Waals surface area contributed by atoms with Gasteiger partial charge in [0, 0.05) is 45.3 Å². The lowest BCUT2D eigenvalue weighted by molar-refractivity contribution is -0.152. The summed E-state index contributed by atoms with van der Waals surface area (Å²) in [5.41, 5.74) is 0. The van der Waals surface area contributed by atoms with E-state index in [1.165, 1.54) is 0 Å². The maximum Gasteiger partial charge on any atom is 0.401 e. The minimum absolute atomic E-state index is 0.0698. The van der Waals surface area contributed by atoms with Crippen LogP contribution in [0.25, 0.3) is 0 Å². The van der Waals surface area contributed by atoms with Gasteiger partial charge in [-0.25, -0.2) is 0 Å². The first-order chi connectivity index (χ1) is 9.94. The number of alkyl halides is 3. The quantitative estimate of drug-likeness (QED) is 0.813. The number of hydrogen-bond acceptors (Lipinski definition) is 4. The predicted molar refractivity (Wildman–Crippen MR) is 77.5 cm³/mol. The zero-order valence-corrected chi connectivity index (χ0v) is 12.8. The summed E-state index contributed by atoms with van der Waals surface area (Å²) in [4.78, 5) is 6.19. The van der Waals surface area contributed by atoms with E-state index in [2.05, 4.69) is 22.2 Å². The number of piperidine rings is 1. The second kappa shape index (κ2) is 7.76.